The number of aryl methyl sites for hydroxylation is 1. The first-order chi connectivity index (χ1) is 12.3. The van der Waals surface area contributed by atoms with Gasteiger partial charge in [-0.15, -0.1) is 0 Å². The minimum Gasteiger partial charge on any atom is -0.456 e. The summed E-state index contributed by atoms with van der Waals surface area (Å²) in [7, 11) is -3.59. The van der Waals surface area contributed by atoms with Crippen molar-refractivity contribution in [3.8, 4) is 6.07 Å². The Balaban J connectivity index is 1.79. The van der Waals surface area contributed by atoms with E-state index >= 15 is 0 Å². The number of nitrogens with zero attached hydrogens (tertiary/aromatic N) is 1. The van der Waals surface area contributed by atoms with Crippen molar-refractivity contribution >= 4 is 21.7 Å². The zero-order valence-corrected chi connectivity index (χ0v) is 15.5. The van der Waals surface area contributed by atoms with Crippen LogP contribution in [0.25, 0.3) is 0 Å². The molecule has 1 amide bonds. The fourth-order valence-corrected chi connectivity index (χ4v) is 4.07. The van der Waals surface area contributed by atoms with E-state index in [-0.39, 0.29) is 11.3 Å². The minimum absolute atomic E-state index is 0.144. The number of amides is 1. The molecule has 0 aromatic heterocycles. The largest absolute Gasteiger partial charge is 0.456 e. The molecular weight excluding hydrogens is 356 g/mol. The summed E-state index contributed by atoms with van der Waals surface area (Å²) in [6.45, 7) is 1.33. The maximum Gasteiger partial charge on any atom is 0.307 e. The summed E-state index contributed by atoms with van der Waals surface area (Å²) in [6, 6.07) is 8.46. The summed E-state index contributed by atoms with van der Waals surface area (Å²) >= 11 is 0. The molecule has 0 aliphatic heterocycles. The lowest BCUT2D eigenvalue weighted by atomic mass is 10.00. The third-order valence-corrected chi connectivity index (χ3v) is 6.10. The molecule has 1 N–H and O–H groups in total. The first-order valence-electron chi connectivity index (χ1n) is 8.44. The number of carbonyl (C=O) groups is 2. The van der Waals surface area contributed by atoms with Crippen LogP contribution in [0, 0.1) is 18.3 Å². The Bertz CT molecular complexity index is 803. The number of hydrogen-bond acceptors (Lipinski definition) is 6. The number of rotatable bonds is 7. The smallest absolute Gasteiger partial charge is 0.307 e. The van der Waals surface area contributed by atoms with Crippen LogP contribution in [0.2, 0.25) is 0 Å². The van der Waals surface area contributed by atoms with Crippen molar-refractivity contribution in [1.29, 1.82) is 5.26 Å². The first kappa shape index (κ1) is 19.9. The normalized spacial score (nSPS) is 15.8. The number of nitrogens with one attached hydrogen (secondary N) is 1. The Labute approximate surface area is 153 Å². The highest BCUT2D eigenvalue weighted by atomic mass is 32.2. The van der Waals surface area contributed by atoms with Gasteiger partial charge in [-0.3, -0.25) is 9.59 Å². The van der Waals surface area contributed by atoms with E-state index < -0.39 is 39.6 Å². The molecule has 8 heteroatoms. The molecule has 1 fully saturated rings. The van der Waals surface area contributed by atoms with Crippen molar-refractivity contribution < 1.29 is 22.7 Å². The number of benzene rings is 1. The first-order valence-corrected chi connectivity index (χ1v) is 10.1. The van der Waals surface area contributed by atoms with Crippen molar-refractivity contribution in [2.45, 2.75) is 49.5 Å². The Hall–Kier alpha value is -2.40. The van der Waals surface area contributed by atoms with Crippen LogP contribution in [0.3, 0.4) is 0 Å². The third kappa shape index (κ3) is 5.30. The minimum atomic E-state index is -3.59. The highest BCUT2D eigenvalue weighted by Crippen LogP contribution is 2.28. The van der Waals surface area contributed by atoms with Gasteiger partial charge in [0.1, 0.15) is 5.54 Å². The van der Waals surface area contributed by atoms with E-state index in [1.54, 1.807) is 12.1 Å². The molecular formula is C18H22N2O5S. The van der Waals surface area contributed by atoms with E-state index in [4.69, 9.17) is 4.74 Å². The molecule has 0 bridgehead atoms. The van der Waals surface area contributed by atoms with Gasteiger partial charge in [0.25, 0.3) is 5.91 Å². The molecule has 0 unspecified atom stereocenters. The highest BCUT2D eigenvalue weighted by Gasteiger charge is 2.35. The molecule has 2 rings (SSSR count). The van der Waals surface area contributed by atoms with Crippen LogP contribution in [0.1, 0.15) is 37.7 Å². The maximum absolute atomic E-state index is 12.2. The summed E-state index contributed by atoms with van der Waals surface area (Å²) in [6.07, 6.45) is 2.55. The van der Waals surface area contributed by atoms with Gasteiger partial charge in [0, 0.05) is 0 Å². The molecule has 1 aliphatic rings. The van der Waals surface area contributed by atoms with Gasteiger partial charge >= 0.3 is 5.97 Å². The highest BCUT2D eigenvalue weighted by molar-refractivity contribution is 7.91. The molecule has 0 atom stereocenters. The van der Waals surface area contributed by atoms with E-state index in [1.165, 1.54) is 12.1 Å². The van der Waals surface area contributed by atoms with Gasteiger partial charge in [0.2, 0.25) is 0 Å². The molecule has 0 radical (unpaired) electrons. The third-order valence-electron chi connectivity index (χ3n) is 4.37. The zero-order chi connectivity index (χ0) is 19.2. The van der Waals surface area contributed by atoms with Crippen LogP contribution in [-0.2, 0) is 24.2 Å². The summed E-state index contributed by atoms with van der Waals surface area (Å²) in [4.78, 5) is 23.7. The van der Waals surface area contributed by atoms with Crippen LogP contribution < -0.4 is 5.32 Å². The lowest BCUT2D eigenvalue weighted by Crippen LogP contribution is -2.46. The van der Waals surface area contributed by atoms with Crippen LogP contribution in [-0.4, -0.2) is 38.2 Å². The number of esters is 1. The van der Waals surface area contributed by atoms with Gasteiger partial charge in [-0.2, -0.15) is 5.26 Å². The Morgan fingerprint density at radius 1 is 1.23 bits per heavy atom. The second kappa shape index (κ2) is 8.32. The Kier molecular flexibility index (Phi) is 6.37. The van der Waals surface area contributed by atoms with Gasteiger partial charge in [-0.05, 0) is 44.7 Å². The van der Waals surface area contributed by atoms with Gasteiger partial charge in [0.05, 0.1) is 23.1 Å². The molecule has 0 spiro atoms. The summed E-state index contributed by atoms with van der Waals surface area (Å²) in [5.74, 6) is -1.71. The van der Waals surface area contributed by atoms with Gasteiger partial charge in [-0.1, -0.05) is 17.7 Å². The second-order valence-corrected chi connectivity index (χ2v) is 8.60. The van der Waals surface area contributed by atoms with Crippen LogP contribution in [0.5, 0.6) is 0 Å². The number of nitriles is 1. The average Bonchev–Trinajstić information content (AvgIpc) is 3.07. The quantitative estimate of drug-likeness (QED) is 0.722. The lowest BCUT2D eigenvalue weighted by molar-refractivity contribution is -0.148. The molecule has 1 aromatic rings. The van der Waals surface area contributed by atoms with Crippen molar-refractivity contribution in [3.05, 3.63) is 29.8 Å². The second-order valence-electron chi connectivity index (χ2n) is 6.49. The molecule has 1 saturated carbocycles. The van der Waals surface area contributed by atoms with Gasteiger partial charge < -0.3 is 10.1 Å². The van der Waals surface area contributed by atoms with Gasteiger partial charge in [-0.25, -0.2) is 8.42 Å². The molecule has 1 aromatic carbocycles. The number of sulfone groups is 1. The summed E-state index contributed by atoms with van der Waals surface area (Å²) < 4.78 is 29.2. The fraction of sp³-hybridized carbons (Fsp3) is 0.500. The van der Waals surface area contributed by atoms with E-state index in [0.29, 0.717) is 12.8 Å². The molecule has 140 valence electrons. The molecule has 0 saturated heterocycles. The zero-order valence-electron chi connectivity index (χ0n) is 14.7. The molecule has 0 heterocycles. The van der Waals surface area contributed by atoms with Crippen molar-refractivity contribution in [1.82, 2.24) is 5.32 Å². The van der Waals surface area contributed by atoms with Crippen LogP contribution in [0.4, 0.5) is 0 Å². The predicted octanol–water partition coefficient (Wildman–Crippen LogP) is 1.65. The predicted molar refractivity (Wildman–Crippen MR) is 93.8 cm³/mol. The molecule has 7 nitrogen and oxygen atoms in total. The summed E-state index contributed by atoms with van der Waals surface area (Å²) in [5, 5.41) is 11.8. The lowest BCUT2D eigenvalue weighted by Gasteiger charge is -2.21. The van der Waals surface area contributed by atoms with E-state index in [2.05, 4.69) is 11.4 Å². The monoisotopic (exact) mass is 378 g/mol. The molecule has 1 aliphatic carbocycles. The Morgan fingerprint density at radius 2 is 1.85 bits per heavy atom. The van der Waals surface area contributed by atoms with Crippen LogP contribution in [0.15, 0.2) is 29.2 Å². The fourth-order valence-electron chi connectivity index (χ4n) is 2.85. The molecule has 26 heavy (non-hydrogen) atoms. The van der Waals surface area contributed by atoms with Crippen molar-refractivity contribution in [2.75, 3.05) is 12.4 Å². The van der Waals surface area contributed by atoms with E-state index in [0.717, 1.165) is 18.4 Å². The summed E-state index contributed by atoms with van der Waals surface area (Å²) in [5.41, 5.74) is 0.0601. The van der Waals surface area contributed by atoms with E-state index in [1.807, 2.05) is 6.92 Å². The standard InChI is InChI=1S/C18H22N2O5S/c1-14-4-6-15(7-5-14)26(23,24)11-8-17(22)25-12-16(21)20-18(13-19)9-2-3-10-18/h4-7H,2-3,8-12H2,1H3,(H,20,21). The van der Waals surface area contributed by atoms with Crippen molar-refractivity contribution in [3.63, 3.8) is 0 Å². The van der Waals surface area contributed by atoms with Crippen molar-refractivity contribution in [2.24, 2.45) is 0 Å². The number of hydrogen-bond donors (Lipinski definition) is 1. The van der Waals surface area contributed by atoms with Crippen LogP contribution >= 0.6 is 0 Å². The Morgan fingerprint density at radius 3 is 2.42 bits per heavy atom. The van der Waals surface area contributed by atoms with Gasteiger partial charge in [0.15, 0.2) is 16.4 Å². The maximum atomic E-state index is 12.2. The SMILES string of the molecule is Cc1ccc(S(=O)(=O)CCC(=O)OCC(=O)NC2(C#N)CCCC2)cc1. The van der Waals surface area contributed by atoms with E-state index in [9.17, 15) is 23.3 Å². The number of ether oxygens (including phenoxy) is 1. The average molecular weight is 378 g/mol. The topological polar surface area (TPSA) is 113 Å². The number of carbonyl (C=O) groups excluding carboxylic acids is 2.